The van der Waals surface area contributed by atoms with Crippen molar-refractivity contribution in [2.75, 3.05) is 0 Å². The van der Waals surface area contributed by atoms with Gasteiger partial charge in [-0.1, -0.05) is 0 Å². The van der Waals surface area contributed by atoms with Gasteiger partial charge in [-0.05, 0) is 6.07 Å². The topological polar surface area (TPSA) is 166 Å². The molecule has 0 fully saturated rings. The largest absolute Gasteiger partial charge is 0.480 e. The molecule has 0 bridgehead atoms. The molecule has 0 saturated heterocycles. The van der Waals surface area contributed by atoms with Crippen molar-refractivity contribution in [2.45, 2.75) is 12.5 Å². The molecule has 102 valence electrons. The van der Waals surface area contributed by atoms with E-state index >= 15 is 0 Å². The molecule has 0 radical (unpaired) electrons. The number of furan rings is 1. The maximum atomic E-state index is 11.5. The first-order valence-electron chi connectivity index (χ1n) is 4.87. The molecule has 0 unspecified atom stereocenters. The van der Waals surface area contributed by atoms with E-state index in [0.29, 0.717) is 0 Å². The number of nitrogens with two attached hydrogens (primary N) is 1. The Labute approximate surface area is 105 Å². The average Bonchev–Trinajstić information content (AvgIpc) is 2.76. The summed E-state index contributed by atoms with van der Waals surface area (Å²) in [5.74, 6) is -4.48. The van der Waals surface area contributed by atoms with Gasteiger partial charge in [0.1, 0.15) is 11.0 Å². The van der Waals surface area contributed by atoms with Gasteiger partial charge in [-0.25, -0.2) is 4.79 Å². The smallest absolute Gasteiger partial charge is 0.433 e. The minimum absolute atomic E-state index is 0.442. The van der Waals surface area contributed by atoms with E-state index in [2.05, 4.69) is 4.42 Å². The van der Waals surface area contributed by atoms with Crippen LogP contribution >= 0.6 is 0 Å². The summed E-state index contributed by atoms with van der Waals surface area (Å²) in [5, 5.41) is 21.0. The third-order valence-electron chi connectivity index (χ3n) is 2.00. The Morgan fingerprint density at radius 1 is 1.47 bits per heavy atom. The van der Waals surface area contributed by atoms with Crippen LogP contribution in [0.4, 0.5) is 5.88 Å². The van der Waals surface area contributed by atoms with E-state index < -0.39 is 46.8 Å². The second-order valence-electron chi connectivity index (χ2n) is 3.43. The van der Waals surface area contributed by atoms with Crippen LogP contribution in [0.15, 0.2) is 16.5 Å². The van der Waals surface area contributed by atoms with Crippen LogP contribution in [0.25, 0.3) is 0 Å². The van der Waals surface area contributed by atoms with Crippen molar-refractivity contribution < 1.29 is 28.8 Å². The SMILES string of the molecule is NC(=O)C[C@H](NC(=O)c1ccc([N+](=O)[O-])o1)C(=O)O. The number of carboxylic acid groups (broad SMARTS) is 1. The molecule has 1 aromatic rings. The number of nitrogens with one attached hydrogen (secondary N) is 1. The monoisotopic (exact) mass is 271 g/mol. The van der Waals surface area contributed by atoms with E-state index in [0.717, 1.165) is 12.1 Å². The molecule has 0 aromatic carbocycles. The van der Waals surface area contributed by atoms with E-state index in [1.807, 2.05) is 5.32 Å². The molecular formula is C9H9N3O7. The van der Waals surface area contributed by atoms with Gasteiger partial charge in [0, 0.05) is 0 Å². The van der Waals surface area contributed by atoms with E-state index in [4.69, 9.17) is 10.8 Å². The molecule has 0 saturated carbocycles. The van der Waals surface area contributed by atoms with Gasteiger partial charge in [-0.3, -0.25) is 19.7 Å². The lowest BCUT2D eigenvalue weighted by molar-refractivity contribution is -0.402. The van der Waals surface area contributed by atoms with E-state index in [-0.39, 0.29) is 0 Å². The first kappa shape index (κ1) is 14.2. The molecule has 2 amide bonds. The fraction of sp³-hybridized carbons (Fsp3) is 0.222. The average molecular weight is 271 g/mol. The van der Waals surface area contributed by atoms with Crippen LogP contribution in [0, 0.1) is 10.1 Å². The normalized spacial score (nSPS) is 11.6. The Morgan fingerprint density at radius 3 is 2.53 bits per heavy atom. The molecular weight excluding hydrogens is 262 g/mol. The summed E-state index contributed by atoms with van der Waals surface area (Å²) in [5.41, 5.74) is 4.82. The van der Waals surface area contributed by atoms with Crippen LogP contribution in [0.5, 0.6) is 0 Å². The molecule has 1 aromatic heterocycles. The fourth-order valence-corrected chi connectivity index (χ4v) is 1.18. The Balaban J connectivity index is 2.78. The quantitative estimate of drug-likeness (QED) is 0.451. The molecule has 1 rings (SSSR count). The van der Waals surface area contributed by atoms with Crippen LogP contribution in [0.2, 0.25) is 0 Å². The number of carboxylic acids is 1. The number of amides is 2. The second-order valence-corrected chi connectivity index (χ2v) is 3.43. The molecule has 10 heteroatoms. The zero-order valence-electron chi connectivity index (χ0n) is 9.36. The minimum Gasteiger partial charge on any atom is -0.480 e. The number of hydrogen-bond donors (Lipinski definition) is 3. The van der Waals surface area contributed by atoms with E-state index in [9.17, 15) is 24.5 Å². The van der Waals surface area contributed by atoms with Crippen LogP contribution in [0.3, 0.4) is 0 Å². The lowest BCUT2D eigenvalue weighted by Crippen LogP contribution is -2.43. The number of carbonyl (C=O) groups is 3. The molecule has 1 atom stereocenters. The molecule has 0 aliphatic heterocycles. The molecule has 0 aliphatic rings. The standard InChI is InChI=1S/C9H9N3O7/c10-6(13)3-4(9(15)16)11-8(14)5-1-2-7(19-5)12(17)18/h1-2,4H,3H2,(H2,10,13)(H,11,14)(H,15,16)/t4-/m0/s1. The molecule has 4 N–H and O–H groups in total. The third kappa shape index (κ3) is 3.80. The van der Waals surface area contributed by atoms with Gasteiger partial charge >= 0.3 is 11.9 Å². The van der Waals surface area contributed by atoms with Gasteiger partial charge in [0.05, 0.1) is 12.5 Å². The minimum atomic E-state index is -1.53. The number of nitrogens with zero attached hydrogens (tertiary/aromatic N) is 1. The summed E-state index contributed by atoms with van der Waals surface area (Å²) in [6, 6.07) is 0.421. The lowest BCUT2D eigenvalue weighted by Gasteiger charge is -2.11. The van der Waals surface area contributed by atoms with Crippen molar-refractivity contribution in [3.05, 3.63) is 28.0 Å². The van der Waals surface area contributed by atoms with Crippen LogP contribution in [-0.2, 0) is 9.59 Å². The van der Waals surface area contributed by atoms with Crippen molar-refractivity contribution in [2.24, 2.45) is 5.73 Å². The van der Waals surface area contributed by atoms with Crippen molar-refractivity contribution in [3.63, 3.8) is 0 Å². The second kappa shape index (κ2) is 5.62. The predicted octanol–water partition coefficient (Wildman–Crippen LogP) is -0.754. The Morgan fingerprint density at radius 2 is 2.11 bits per heavy atom. The maximum absolute atomic E-state index is 11.5. The van der Waals surface area contributed by atoms with Gasteiger partial charge in [0.15, 0.2) is 5.76 Å². The van der Waals surface area contributed by atoms with Gasteiger partial charge in [0.25, 0.3) is 5.91 Å². The molecule has 0 aliphatic carbocycles. The third-order valence-corrected chi connectivity index (χ3v) is 2.00. The van der Waals surface area contributed by atoms with Crippen LogP contribution in [-0.4, -0.2) is 33.9 Å². The first-order valence-corrected chi connectivity index (χ1v) is 4.87. The number of rotatable bonds is 6. The van der Waals surface area contributed by atoms with Crippen LogP contribution in [0.1, 0.15) is 17.0 Å². The summed E-state index contributed by atoms with van der Waals surface area (Å²) in [7, 11) is 0. The van der Waals surface area contributed by atoms with Gasteiger partial charge < -0.3 is 20.6 Å². The number of primary amides is 1. The highest BCUT2D eigenvalue weighted by atomic mass is 16.6. The molecule has 1 heterocycles. The van der Waals surface area contributed by atoms with Crippen molar-refractivity contribution in [1.29, 1.82) is 0 Å². The van der Waals surface area contributed by atoms with Gasteiger partial charge in [0.2, 0.25) is 5.91 Å². The summed E-state index contributed by atoms with van der Waals surface area (Å²) >= 11 is 0. The Bertz CT molecular complexity index is 536. The van der Waals surface area contributed by atoms with Crippen molar-refractivity contribution in [3.8, 4) is 0 Å². The summed E-state index contributed by atoms with van der Waals surface area (Å²) in [6.45, 7) is 0. The summed E-state index contributed by atoms with van der Waals surface area (Å²) in [4.78, 5) is 42.4. The van der Waals surface area contributed by atoms with Crippen LogP contribution < -0.4 is 11.1 Å². The summed E-state index contributed by atoms with van der Waals surface area (Å²) in [6.07, 6.45) is -0.607. The highest BCUT2D eigenvalue weighted by Crippen LogP contribution is 2.15. The predicted molar refractivity (Wildman–Crippen MR) is 58.1 cm³/mol. The molecule has 0 spiro atoms. The maximum Gasteiger partial charge on any atom is 0.433 e. The number of aliphatic carboxylic acids is 1. The zero-order valence-corrected chi connectivity index (χ0v) is 9.36. The first-order chi connectivity index (χ1) is 8.81. The number of carbonyl (C=O) groups excluding carboxylic acids is 2. The van der Waals surface area contributed by atoms with Crippen molar-refractivity contribution in [1.82, 2.24) is 5.32 Å². The zero-order chi connectivity index (χ0) is 14.6. The highest BCUT2D eigenvalue weighted by molar-refractivity contribution is 5.95. The highest BCUT2D eigenvalue weighted by Gasteiger charge is 2.25. The van der Waals surface area contributed by atoms with E-state index in [1.54, 1.807) is 0 Å². The lowest BCUT2D eigenvalue weighted by atomic mass is 10.2. The molecule has 19 heavy (non-hydrogen) atoms. The number of hydrogen-bond acceptors (Lipinski definition) is 6. The van der Waals surface area contributed by atoms with Gasteiger partial charge in [-0.2, -0.15) is 0 Å². The van der Waals surface area contributed by atoms with Crippen molar-refractivity contribution >= 4 is 23.7 Å². The summed E-state index contributed by atoms with van der Waals surface area (Å²) < 4.78 is 4.57. The Hall–Kier alpha value is -2.91. The molecule has 10 nitrogen and oxygen atoms in total. The number of nitro groups is 1. The van der Waals surface area contributed by atoms with Gasteiger partial charge in [-0.15, -0.1) is 0 Å². The Kier molecular flexibility index (Phi) is 4.19. The van der Waals surface area contributed by atoms with E-state index in [1.165, 1.54) is 0 Å². The fourth-order valence-electron chi connectivity index (χ4n) is 1.18.